The highest BCUT2D eigenvalue weighted by Crippen LogP contribution is 2.27. The molecule has 1 saturated heterocycles. The number of nitrogens with one attached hydrogen (secondary N) is 2. The number of nitrogens with zero attached hydrogens (tertiary/aromatic N) is 4. The second-order valence-corrected chi connectivity index (χ2v) is 9.12. The Hall–Kier alpha value is -3.54. The Morgan fingerprint density at radius 2 is 2.03 bits per heavy atom. The molecular weight excluding hydrogens is 474 g/mol. The zero-order chi connectivity index (χ0) is 25.4. The fourth-order valence-corrected chi connectivity index (χ4v) is 4.84. The molecule has 0 spiro atoms. The van der Waals surface area contributed by atoms with Crippen molar-refractivity contribution in [3.05, 3.63) is 49.4 Å². The predicted octanol–water partition coefficient (Wildman–Crippen LogP) is 1.37. The number of likely N-dealkylation sites (tertiary alicyclic amines) is 1. The largest absolute Gasteiger partial charge is 0.360 e. The van der Waals surface area contributed by atoms with Gasteiger partial charge < -0.3 is 15.5 Å². The Kier molecular flexibility index (Phi) is 8.74. The van der Waals surface area contributed by atoms with E-state index >= 15 is 0 Å². The van der Waals surface area contributed by atoms with Crippen LogP contribution in [0.3, 0.4) is 0 Å². The van der Waals surface area contributed by atoms with E-state index in [2.05, 4.69) is 10.6 Å². The third kappa shape index (κ3) is 6.75. The van der Waals surface area contributed by atoms with Crippen molar-refractivity contribution in [1.82, 2.24) is 14.8 Å². The summed E-state index contributed by atoms with van der Waals surface area (Å²) in [6.45, 7) is 3.24. The summed E-state index contributed by atoms with van der Waals surface area (Å²) in [7, 11) is 0. The van der Waals surface area contributed by atoms with Gasteiger partial charge in [-0.15, -0.1) is 11.3 Å². The molecule has 2 N–H and O–H groups in total. The maximum Gasteiger partial charge on any atom is 0.270 e. The number of nitriles is 2. The van der Waals surface area contributed by atoms with Gasteiger partial charge in [-0.1, -0.05) is 12.1 Å². The molecule has 8 nitrogen and oxygen atoms in total. The molecular formula is C24H26F2N6O2S. The molecule has 3 rings (SSSR count). The number of carbonyl (C=O) groups excluding carboxylic acids is 1. The Morgan fingerprint density at radius 1 is 1.29 bits per heavy atom. The van der Waals surface area contributed by atoms with Crippen molar-refractivity contribution in [2.24, 2.45) is 0 Å². The number of halogens is 2. The van der Waals surface area contributed by atoms with E-state index in [-0.39, 0.29) is 41.7 Å². The number of benzene rings is 1. The van der Waals surface area contributed by atoms with Gasteiger partial charge in [0.1, 0.15) is 21.8 Å². The zero-order valence-electron chi connectivity index (χ0n) is 19.3. The predicted molar refractivity (Wildman–Crippen MR) is 130 cm³/mol. The topological polar surface area (TPSA) is 114 Å². The Labute approximate surface area is 205 Å². The first-order valence-corrected chi connectivity index (χ1v) is 12.0. The Morgan fingerprint density at radius 3 is 2.69 bits per heavy atom. The number of hydrogen-bond donors (Lipinski definition) is 2. The molecule has 1 aliphatic rings. The van der Waals surface area contributed by atoms with Crippen molar-refractivity contribution in [3.8, 4) is 12.1 Å². The van der Waals surface area contributed by atoms with Crippen LogP contribution in [0.15, 0.2) is 29.1 Å². The second kappa shape index (κ2) is 11.7. The zero-order valence-corrected chi connectivity index (χ0v) is 20.1. The van der Waals surface area contributed by atoms with Crippen LogP contribution in [0.4, 0.5) is 14.5 Å². The van der Waals surface area contributed by atoms with E-state index in [9.17, 15) is 23.6 Å². The van der Waals surface area contributed by atoms with Gasteiger partial charge in [0.25, 0.3) is 17.4 Å². The number of thiazole rings is 1. The van der Waals surface area contributed by atoms with E-state index < -0.39 is 11.8 Å². The molecule has 0 aliphatic carbocycles. The SMILES string of the molecule is CCn1c(=C(C#N)C(=O)NCC#N)sc(=CNc2cccc(CCN3CCC(F)(F)CC3)c2)c1=O. The third-order valence-electron chi connectivity index (χ3n) is 5.71. The first kappa shape index (κ1) is 26.1. The van der Waals surface area contributed by atoms with Crippen molar-refractivity contribution in [2.45, 2.75) is 38.7 Å². The van der Waals surface area contributed by atoms with Crippen LogP contribution in [0.25, 0.3) is 11.8 Å². The van der Waals surface area contributed by atoms with Gasteiger partial charge in [-0.3, -0.25) is 14.2 Å². The fourth-order valence-electron chi connectivity index (χ4n) is 3.75. The minimum Gasteiger partial charge on any atom is -0.360 e. The van der Waals surface area contributed by atoms with Gasteiger partial charge in [-0.05, 0) is 31.0 Å². The number of carbonyl (C=O) groups is 1. The van der Waals surface area contributed by atoms with E-state index in [1.807, 2.05) is 35.2 Å². The summed E-state index contributed by atoms with van der Waals surface area (Å²) in [4.78, 5) is 27.1. The molecule has 184 valence electrons. The van der Waals surface area contributed by atoms with Crippen molar-refractivity contribution in [2.75, 3.05) is 31.5 Å². The molecule has 1 aromatic carbocycles. The molecule has 0 bridgehead atoms. The number of rotatable bonds is 8. The lowest BCUT2D eigenvalue weighted by Crippen LogP contribution is -2.40. The first-order chi connectivity index (χ1) is 16.8. The van der Waals surface area contributed by atoms with Crippen LogP contribution >= 0.6 is 11.3 Å². The molecule has 0 atom stereocenters. The minimum atomic E-state index is -2.56. The van der Waals surface area contributed by atoms with Crippen LogP contribution in [0.2, 0.25) is 0 Å². The summed E-state index contributed by atoms with van der Waals surface area (Å²) in [5.41, 5.74) is 1.23. The van der Waals surface area contributed by atoms with Crippen LogP contribution in [0.1, 0.15) is 25.3 Å². The molecule has 11 heteroatoms. The molecule has 1 fully saturated rings. The standard InChI is InChI=1S/C24H26F2N6O2S/c1-2-32-22(34)20(35-23(32)19(15-28)21(33)29-10-9-27)16-30-18-5-3-4-17(14-18)6-11-31-12-7-24(25,26)8-13-31/h3-5,14,16,30H,2,6-8,10-13H2,1H3,(H,29,33). The molecule has 1 amide bonds. The summed E-state index contributed by atoms with van der Waals surface area (Å²) in [6, 6.07) is 11.2. The lowest BCUT2D eigenvalue weighted by molar-refractivity contribution is -0.115. The number of anilines is 1. The van der Waals surface area contributed by atoms with Crippen LogP contribution in [-0.2, 0) is 17.8 Å². The van der Waals surface area contributed by atoms with Crippen LogP contribution < -0.4 is 25.4 Å². The molecule has 0 unspecified atom stereocenters. The van der Waals surface area contributed by atoms with E-state index in [0.29, 0.717) is 30.6 Å². The lowest BCUT2D eigenvalue weighted by atomic mass is 10.1. The van der Waals surface area contributed by atoms with Gasteiger partial charge in [0.2, 0.25) is 0 Å². The van der Waals surface area contributed by atoms with E-state index in [1.165, 1.54) is 10.8 Å². The second-order valence-electron chi connectivity index (χ2n) is 8.09. The number of alkyl halides is 2. The summed E-state index contributed by atoms with van der Waals surface area (Å²) in [5.74, 6) is -3.26. The van der Waals surface area contributed by atoms with Crippen molar-refractivity contribution in [1.29, 1.82) is 10.5 Å². The summed E-state index contributed by atoms with van der Waals surface area (Å²) < 4.78 is 28.6. The molecule has 0 radical (unpaired) electrons. The van der Waals surface area contributed by atoms with E-state index in [1.54, 1.807) is 13.0 Å². The first-order valence-electron chi connectivity index (χ1n) is 11.2. The molecule has 1 aliphatic heterocycles. The Bertz CT molecular complexity index is 1330. The number of piperidine rings is 1. The van der Waals surface area contributed by atoms with Gasteiger partial charge in [-0.2, -0.15) is 10.5 Å². The maximum absolute atomic E-state index is 13.3. The normalized spacial score (nSPS) is 16.8. The van der Waals surface area contributed by atoms with Gasteiger partial charge in [0, 0.05) is 50.9 Å². The fraction of sp³-hybridized carbons (Fsp3) is 0.417. The molecule has 35 heavy (non-hydrogen) atoms. The van der Waals surface area contributed by atoms with Crippen molar-refractivity contribution < 1.29 is 13.6 Å². The number of hydrogen-bond acceptors (Lipinski definition) is 7. The average Bonchev–Trinajstić information content (AvgIpc) is 3.16. The van der Waals surface area contributed by atoms with Crippen LogP contribution in [0, 0.1) is 22.7 Å². The van der Waals surface area contributed by atoms with Gasteiger partial charge >= 0.3 is 0 Å². The van der Waals surface area contributed by atoms with Gasteiger partial charge in [0.15, 0.2) is 5.57 Å². The Balaban J connectivity index is 1.77. The third-order valence-corrected chi connectivity index (χ3v) is 6.84. The van der Waals surface area contributed by atoms with Crippen LogP contribution in [-0.4, -0.2) is 47.5 Å². The lowest BCUT2D eigenvalue weighted by Gasteiger charge is -2.31. The van der Waals surface area contributed by atoms with Gasteiger partial charge in [-0.25, -0.2) is 8.78 Å². The summed E-state index contributed by atoms with van der Waals surface area (Å²) in [6.07, 6.45) is 2.04. The average molecular weight is 501 g/mol. The molecule has 2 heterocycles. The highest BCUT2D eigenvalue weighted by molar-refractivity contribution is 7.07. The number of amides is 1. The van der Waals surface area contributed by atoms with E-state index in [4.69, 9.17) is 5.26 Å². The molecule has 2 aromatic rings. The van der Waals surface area contributed by atoms with Gasteiger partial charge in [0.05, 0.1) is 6.07 Å². The quantitative estimate of drug-likeness (QED) is 0.530. The maximum atomic E-state index is 13.3. The highest BCUT2D eigenvalue weighted by atomic mass is 32.1. The van der Waals surface area contributed by atoms with Crippen molar-refractivity contribution >= 4 is 34.7 Å². The summed E-state index contributed by atoms with van der Waals surface area (Å²) >= 11 is 1.02. The monoisotopic (exact) mass is 500 g/mol. The highest BCUT2D eigenvalue weighted by Gasteiger charge is 2.33. The number of aromatic nitrogens is 1. The minimum absolute atomic E-state index is 0.105. The van der Waals surface area contributed by atoms with E-state index in [0.717, 1.165) is 22.6 Å². The smallest absolute Gasteiger partial charge is 0.270 e. The van der Waals surface area contributed by atoms with Crippen molar-refractivity contribution in [3.63, 3.8) is 0 Å². The van der Waals surface area contributed by atoms with Crippen LogP contribution in [0.5, 0.6) is 0 Å². The summed E-state index contributed by atoms with van der Waals surface area (Å²) in [5, 5.41) is 23.6. The molecule has 0 saturated carbocycles. The molecule has 1 aromatic heterocycles.